The van der Waals surface area contributed by atoms with Crippen molar-refractivity contribution in [2.24, 2.45) is 0 Å². The van der Waals surface area contributed by atoms with Crippen molar-refractivity contribution in [1.29, 1.82) is 0 Å². The van der Waals surface area contributed by atoms with E-state index in [1.807, 2.05) is 19.1 Å². The summed E-state index contributed by atoms with van der Waals surface area (Å²) in [5.41, 5.74) is 2.27. The predicted molar refractivity (Wildman–Crippen MR) is 62.0 cm³/mol. The van der Waals surface area contributed by atoms with Crippen molar-refractivity contribution in [3.8, 4) is 5.69 Å². The lowest BCUT2D eigenvalue weighted by molar-refractivity contribution is -0.690. The van der Waals surface area contributed by atoms with Gasteiger partial charge < -0.3 is 5.21 Å². The van der Waals surface area contributed by atoms with Crippen molar-refractivity contribution < 1.29 is 9.64 Å². The molecule has 2 rings (SSSR count). The van der Waals surface area contributed by atoms with Gasteiger partial charge in [-0.3, -0.25) is 4.79 Å². The van der Waals surface area contributed by atoms with Gasteiger partial charge in [0.25, 0.3) is 0 Å². The summed E-state index contributed by atoms with van der Waals surface area (Å²) in [4.78, 5) is 13.0. The van der Waals surface area contributed by atoms with Crippen molar-refractivity contribution >= 4 is 5.78 Å². The van der Waals surface area contributed by atoms with E-state index in [-0.39, 0.29) is 11.5 Å². The fourth-order valence-corrected chi connectivity index (χ4v) is 1.69. The second kappa shape index (κ2) is 4.01. The number of aryl methyl sites for hydroxylation is 2. The molecule has 0 aliphatic heterocycles. The molecule has 17 heavy (non-hydrogen) atoms. The summed E-state index contributed by atoms with van der Waals surface area (Å²) in [7, 11) is 0. The minimum Gasteiger partial charge on any atom is -0.692 e. The highest BCUT2D eigenvalue weighted by atomic mass is 16.5. The van der Waals surface area contributed by atoms with Crippen LogP contribution in [0.4, 0.5) is 0 Å². The minimum atomic E-state index is -0.282. The Kier molecular flexibility index (Phi) is 2.67. The molecule has 1 heterocycles. The summed E-state index contributed by atoms with van der Waals surface area (Å²) in [5.74, 6) is -0.282. The molecule has 0 saturated heterocycles. The fraction of sp³-hybridized carbons (Fsp3) is 0.250. The Morgan fingerprint density at radius 3 is 2.35 bits per heavy atom. The van der Waals surface area contributed by atoms with E-state index in [1.165, 1.54) is 11.7 Å². The van der Waals surface area contributed by atoms with Gasteiger partial charge in [-0.1, -0.05) is 17.7 Å². The van der Waals surface area contributed by atoms with Gasteiger partial charge in [-0.15, -0.1) is 4.85 Å². The Hall–Kier alpha value is -2.17. The molecule has 0 aliphatic rings. The van der Waals surface area contributed by atoms with E-state index in [0.29, 0.717) is 16.2 Å². The molecule has 0 spiro atoms. The molecule has 0 N–H and O–H groups in total. The summed E-state index contributed by atoms with van der Waals surface area (Å²) in [6.45, 7) is 4.97. The van der Waals surface area contributed by atoms with Crippen LogP contribution in [0.25, 0.3) is 5.69 Å². The molecule has 5 heteroatoms. The zero-order valence-electron chi connectivity index (χ0n) is 9.97. The molecule has 2 aromatic rings. The van der Waals surface area contributed by atoms with E-state index in [4.69, 9.17) is 0 Å². The van der Waals surface area contributed by atoms with E-state index in [9.17, 15) is 10.0 Å². The molecular formula is C12H13N3O2. The van der Waals surface area contributed by atoms with Gasteiger partial charge in [0.15, 0.2) is 0 Å². The van der Waals surface area contributed by atoms with Gasteiger partial charge in [-0.25, -0.2) is 0 Å². The van der Waals surface area contributed by atoms with Crippen LogP contribution in [0.5, 0.6) is 0 Å². The van der Waals surface area contributed by atoms with Gasteiger partial charge in [0, 0.05) is 18.9 Å². The highest BCUT2D eigenvalue weighted by Gasteiger charge is 2.23. The number of hydrogen-bond acceptors (Lipinski definition) is 3. The van der Waals surface area contributed by atoms with Gasteiger partial charge in [-0.05, 0) is 23.9 Å². The average Bonchev–Trinajstić information content (AvgIpc) is 2.55. The summed E-state index contributed by atoms with van der Waals surface area (Å²) >= 11 is 0. The molecule has 1 aromatic carbocycles. The number of carbonyl (C=O) groups excluding carboxylic acids is 1. The van der Waals surface area contributed by atoms with Crippen LogP contribution in [0.2, 0.25) is 0 Å². The third-order valence-electron chi connectivity index (χ3n) is 2.55. The highest BCUT2D eigenvalue weighted by molar-refractivity contribution is 5.91. The van der Waals surface area contributed by atoms with Crippen LogP contribution >= 0.6 is 0 Å². The molecule has 0 aliphatic carbocycles. The monoisotopic (exact) mass is 231 g/mol. The third kappa shape index (κ3) is 1.91. The predicted octanol–water partition coefficient (Wildman–Crippen LogP) is 1.33. The highest BCUT2D eigenvalue weighted by Crippen LogP contribution is 2.08. The Bertz CT molecular complexity index is 570. The van der Waals surface area contributed by atoms with Crippen molar-refractivity contribution in [3.63, 3.8) is 0 Å². The van der Waals surface area contributed by atoms with Crippen molar-refractivity contribution in [2.75, 3.05) is 0 Å². The van der Waals surface area contributed by atoms with E-state index >= 15 is 0 Å². The maximum atomic E-state index is 11.9. The van der Waals surface area contributed by atoms with Gasteiger partial charge in [-0.2, -0.15) is 0 Å². The Balaban J connectivity index is 2.57. The normalized spacial score (nSPS) is 10.5. The zero-order valence-corrected chi connectivity index (χ0v) is 9.97. The van der Waals surface area contributed by atoms with Crippen LogP contribution in [0.3, 0.4) is 0 Å². The van der Waals surface area contributed by atoms with Crippen LogP contribution in [0.15, 0.2) is 24.3 Å². The van der Waals surface area contributed by atoms with Crippen LogP contribution in [-0.2, 0) is 0 Å². The SMILES string of the molecule is CC(=O)c1c(C)nn(-c2ccc(C)cc2)[n+]1[O-]. The maximum Gasteiger partial charge on any atom is 0.243 e. The lowest BCUT2D eigenvalue weighted by Crippen LogP contribution is -2.41. The van der Waals surface area contributed by atoms with E-state index in [2.05, 4.69) is 5.10 Å². The summed E-state index contributed by atoms with van der Waals surface area (Å²) in [5, 5.41) is 16.0. The van der Waals surface area contributed by atoms with Crippen molar-refractivity contribution in [1.82, 2.24) is 9.90 Å². The number of ketones is 1. The molecule has 0 radical (unpaired) electrons. The number of Topliss-reactive ketones (excluding diaryl/α,β-unsaturated/α-hetero) is 1. The van der Waals surface area contributed by atoms with Gasteiger partial charge in [0.1, 0.15) is 5.69 Å². The standard InChI is InChI=1S/C12H13N3O2/c1-8-4-6-11(7-5-8)14-13-9(2)12(10(3)16)15(14)17/h4-7H,1-3H3. The molecule has 0 bridgehead atoms. The molecule has 0 unspecified atom stereocenters. The smallest absolute Gasteiger partial charge is 0.243 e. The Labute approximate surface area is 98.9 Å². The average molecular weight is 231 g/mol. The summed E-state index contributed by atoms with van der Waals surface area (Å²) in [6.07, 6.45) is 0. The first-order valence-electron chi connectivity index (χ1n) is 5.28. The van der Waals surface area contributed by atoms with E-state index < -0.39 is 0 Å². The lowest BCUT2D eigenvalue weighted by Gasteiger charge is -2.04. The molecule has 1 aromatic heterocycles. The number of benzene rings is 1. The number of hydrogen-bond donors (Lipinski definition) is 0. The largest absolute Gasteiger partial charge is 0.692 e. The van der Waals surface area contributed by atoms with Gasteiger partial charge >= 0.3 is 0 Å². The van der Waals surface area contributed by atoms with Crippen LogP contribution in [-0.4, -0.2) is 15.7 Å². The number of carbonyl (C=O) groups is 1. The third-order valence-corrected chi connectivity index (χ3v) is 2.55. The maximum absolute atomic E-state index is 11.9. The zero-order chi connectivity index (χ0) is 12.6. The van der Waals surface area contributed by atoms with Crippen LogP contribution in [0, 0.1) is 19.1 Å². The molecule has 88 valence electrons. The second-order valence-electron chi connectivity index (χ2n) is 3.99. The lowest BCUT2D eigenvalue weighted by atomic mass is 10.2. The van der Waals surface area contributed by atoms with Crippen molar-refractivity contribution in [2.45, 2.75) is 20.8 Å². The molecule has 0 fully saturated rings. The van der Waals surface area contributed by atoms with Gasteiger partial charge in [0.05, 0.1) is 0 Å². The van der Waals surface area contributed by atoms with E-state index in [1.54, 1.807) is 19.1 Å². The first-order valence-corrected chi connectivity index (χ1v) is 5.28. The number of rotatable bonds is 2. The Morgan fingerprint density at radius 1 is 1.29 bits per heavy atom. The fourth-order valence-electron chi connectivity index (χ4n) is 1.69. The topological polar surface area (TPSA) is 61.8 Å². The van der Waals surface area contributed by atoms with Crippen molar-refractivity contribution in [3.05, 3.63) is 46.4 Å². The Morgan fingerprint density at radius 2 is 1.88 bits per heavy atom. The summed E-state index contributed by atoms with van der Waals surface area (Å²) < 4.78 is 0. The van der Waals surface area contributed by atoms with Crippen LogP contribution < -0.4 is 4.85 Å². The van der Waals surface area contributed by atoms with Gasteiger partial charge in [0.2, 0.25) is 17.2 Å². The quantitative estimate of drug-likeness (QED) is 0.445. The molecule has 0 amide bonds. The van der Waals surface area contributed by atoms with Crippen LogP contribution in [0.1, 0.15) is 28.7 Å². The van der Waals surface area contributed by atoms with E-state index in [0.717, 1.165) is 5.56 Å². The molecule has 0 saturated carbocycles. The molecule has 0 atom stereocenters. The number of aromatic nitrogens is 3. The minimum absolute atomic E-state index is 0.0885. The molecular weight excluding hydrogens is 218 g/mol. The molecule has 5 nitrogen and oxygen atoms in total. The first kappa shape index (κ1) is 11.3. The first-order chi connectivity index (χ1) is 8.00. The number of nitrogens with zero attached hydrogens (tertiary/aromatic N) is 3. The second-order valence-corrected chi connectivity index (χ2v) is 3.99. The summed E-state index contributed by atoms with van der Waals surface area (Å²) in [6, 6.07) is 7.36.